The van der Waals surface area contributed by atoms with Gasteiger partial charge in [-0.25, -0.2) is 0 Å². The van der Waals surface area contributed by atoms with Crippen molar-refractivity contribution in [1.82, 2.24) is 10.2 Å². The Morgan fingerprint density at radius 2 is 1.84 bits per heavy atom. The first-order valence-electron chi connectivity index (χ1n) is 7.98. The monoisotopic (exact) mass is 337 g/mol. The van der Waals surface area contributed by atoms with E-state index in [-0.39, 0.29) is 19.4 Å². The van der Waals surface area contributed by atoms with Gasteiger partial charge in [-0.1, -0.05) is 12.1 Å². The fraction of sp³-hybridized carbons (Fsp3) is 0.222. The molecule has 0 aromatic heterocycles. The molecule has 2 aliphatic heterocycles. The van der Waals surface area contributed by atoms with Crippen molar-refractivity contribution < 1.29 is 19.2 Å². The summed E-state index contributed by atoms with van der Waals surface area (Å²) in [7, 11) is 0. The fourth-order valence-corrected chi connectivity index (χ4v) is 3.52. The molecule has 3 N–H and O–H groups in total. The quantitative estimate of drug-likeness (QED) is 0.784. The van der Waals surface area contributed by atoms with Crippen LogP contribution in [-0.4, -0.2) is 34.6 Å². The lowest BCUT2D eigenvalue weighted by Gasteiger charge is -2.34. The molecule has 0 aliphatic carbocycles. The van der Waals surface area contributed by atoms with Gasteiger partial charge in [0.2, 0.25) is 11.8 Å². The van der Waals surface area contributed by atoms with Gasteiger partial charge in [0.15, 0.2) is 0 Å². The predicted octanol–water partition coefficient (Wildman–Crippen LogP) is 0.700. The Balaban J connectivity index is 1.89. The highest BCUT2D eigenvalue weighted by Gasteiger charge is 2.42. The van der Waals surface area contributed by atoms with Crippen molar-refractivity contribution in [3.8, 4) is 0 Å². The second-order valence-corrected chi connectivity index (χ2v) is 6.20. The van der Waals surface area contributed by atoms with Crippen LogP contribution in [0.1, 0.15) is 39.1 Å². The Bertz CT molecular complexity index is 966. The standard InChI is InChI=1S/C18H15N3O4/c19-8-9-6-10-2-1-3-11-15(10)12(7-9)18(25)21(17(11)24)13-4-5-14(22)20-16(13)23/h1-3,6-7,13H,4-5,8,19H2,(H,20,22,23). The zero-order valence-electron chi connectivity index (χ0n) is 13.2. The summed E-state index contributed by atoms with van der Waals surface area (Å²) in [5, 5.41) is 3.54. The van der Waals surface area contributed by atoms with Crippen molar-refractivity contribution in [3.63, 3.8) is 0 Å². The lowest BCUT2D eigenvalue weighted by Crippen LogP contribution is -2.57. The Morgan fingerprint density at radius 1 is 1.08 bits per heavy atom. The van der Waals surface area contributed by atoms with Crippen LogP contribution in [0.25, 0.3) is 10.8 Å². The molecular formula is C18H15N3O4. The van der Waals surface area contributed by atoms with E-state index in [2.05, 4.69) is 5.32 Å². The molecule has 2 aromatic rings. The molecule has 0 bridgehead atoms. The van der Waals surface area contributed by atoms with Crippen molar-refractivity contribution in [2.45, 2.75) is 25.4 Å². The number of piperidine rings is 1. The third-order valence-electron chi connectivity index (χ3n) is 4.69. The van der Waals surface area contributed by atoms with Gasteiger partial charge in [0.25, 0.3) is 11.8 Å². The first kappa shape index (κ1) is 15.5. The van der Waals surface area contributed by atoms with E-state index in [1.807, 2.05) is 12.1 Å². The van der Waals surface area contributed by atoms with Crippen LogP contribution in [0, 0.1) is 0 Å². The van der Waals surface area contributed by atoms with Gasteiger partial charge in [-0.05, 0) is 35.6 Å². The number of nitrogens with zero attached hydrogens (tertiary/aromatic N) is 1. The number of rotatable bonds is 2. The third-order valence-corrected chi connectivity index (χ3v) is 4.69. The highest BCUT2D eigenvalue weighted by molar-refractivity contribution is 6.27. The van der Waals surface area contributed by atoms with E-state index in [1.54, 1.807) is 18.2 Å². The average molecular weight is 337 g/mol. The first-order valence-corrected chi connectivity index (χ1v) is 7.98. The number of imide groups is 2. The molecule has 0 saturated carbocycles. The number of hydrogen-bond acceptors (Lipinski definition) is 5. The second kappa shape index (κ2) is 5.49. The summed E-state index contributed by atoms with van der Waals surface area (Å²) in [4.78, 5) is 50.4. The number of benzene rings is 2. The average Bonchev–Trinajstić information content (AvgIpc) is 2.60. The Hall–Kier alpha value is -3.06. The van der Waals surface area contributed by atoms with Crippen LogP contribution >= 0.6 is 0 Å². The molecule has 2 aromatic carbocycles. The second-order valence-electron chi connectivity index (χ2n) is 6.20. The minimum absolute atomic E-state index is 0.0906. The maximum absolute atomic E-state index is 13.0. The van der Waals surface area contributed by atoms with Crippen LogP contribution in [0.2, 0.25) is 0 Å². The minimum Gasteiger partial charge on any atom is -0.326 e. The van der Waals surface area contributed by atoms with Crippen molar-refractivity contribution in [1.29, 1.82) is 0 Å². The van der Waals surface area contributed by atoms with Crippen molar-refractivity contribution in [2.75, 3.05) is 0 Å². The van der Waals surface area contributed by atoms with Crippen LogP contribution in [0.4, 0.5) is 0 Å². The zero-order chi connectivity index (χ0) is 17.7. The normalized spacial score (nSPS) is 20.2. The van der Waals surface area contributed by atoms with Crippen LogP contribution in [0.5, 0.6) is 0 Å². The minimum atomic E-state index is -0.984. The number of carbonyl (C=O) groups is 4. The largest absolute Gasteiger partial charge is 0.326 e. The first-order chi connectivity index (χ1) is 12.0. The number of amides is 4. The number of nitrogens with two attached hydrogens (primary N) is 1. The molecule has 1 atom stereocenters. The number of nitrogens with one attached hydrogen (secondary N) is 1. The molecule has 1 fully saturated rings. The molecule has 4 amide bonds. The SMILES string of the molecule is NCc1cc2c3c(cccc3c1)C(=O)N(C1CCC(=O)NC1=O)C2=O. The van der Waals surface area contributed by atoms with Gasteiger partial charge < -0.3 is 5.73 Å². The summed E-state index contributed by atoms with van der Waals surface area (Å²) in [5.74, 6) is -2.06. The number of hydrogen-bond donors (Lipinski definition) is 2. The van der Waals surface area contributed by atoms with Crippen LogP contribution in [-0.2, 0) is 16.1 Å². The predicted molar refractivity (Wildman–Crippen MR) is 88.5 cm³/mol. The Morgan fingerprint density at radius 3 is 2.56 bits per heavy atom. The molecular weight excluding hydrogens is 322 g/mol. The third kappa shape index (κ3) is 2.24. The van der Waals surface area contributed by atoms with Crippen molar-refractivity contribution in [2.24, 2.45) is 5.73 Å². The summed E-state index contributed by atoms with van der Waals surface area (Å²) in [6, 6.07) is 7.73. The molecule has 126 valence electrons. The fourth-order valence-electron chi connectivity index (χ4n) is 3.52. The van der Waals surface area contributed by atoms with Gasteiger partial charge >= 0.3 is 0 Å². The van der Waals surface area contributed by atoms with E-state index >= 15 is 0 Å². The lowest BCUT2D eigenvalue weighted by atomic mass is 9.90. The Kier molecular flexibility index (Phi) is 3.40. The van der Waals surface area contributed by atoms with Gasteiger partial charge in [-0.3, -0.25) is 29.4 Å². The summed E-state index contributed by atoms with van der Waals surface area (Å²) in [5.41, 5.74) is 7.22. The van der Waals surface area contributed by atoms with E-state index in [0.717, 1.165) is 15.8 Å². The van der Waals surface area contributed by atoms with Gasteiger partial charge in [0.05, 0.1) is 0 Å². The van der Waals surface area contributed by atoms with Crippen LogP contribution in [0.15, 0.2) is 30.3 Å². The van der Waals surface area contributed by atoms with E-state index in [9.17, 15) is 19.2 Å². The summed E-state index contributed by atoms with van der Waals surface area (Å²) in [6.45, 7) is 0.257. The Labute approximate surface area is 142 Å². The van der Waals surface area contributed by atoms with Crippen LogP contribution in [0.3, 0.4) is 0 Å². The van der Waals surface area contributed by atoms with E-state index in [4.69, 9.17) is 5.73 Å². The van der Waals surface area contributed by atoms with Gasteiger partial charge in [-0.15, -0.1) is 0 Å². The molecule has 2 aliphatic rings. The molecule has 0 spiro atoms. The molecule has 1 saturated heterocycles. The molecule has 1 unspecified atom stereocenters. The molecule has 4 rings (SSSR count). The topological polar surface area (TPSA) is 110 Å². The van der Waals surface area contributed by atoms with E-state index < -0.39 is 29.7 Å². The van der Waals surface area contributed by atoms with E-state index in [0.29, 0.717) is 16.5 Å². The van der Waals surface area contributed by atoms with Crippen molar-refractivity contribution in [3.05, 3.63) is 47.0 Å². The van der Waals surface area contributed by atoms with E-state index in [1.165, 1.54) is 0 Å². The highest BCUT2D eigenvalue weighted by atomic mass is 16.2. The van der Waals surface area contributed by atoms with Crippen LogP contribution < -0.4 is 11.1 Å². The molecule has 7 nitrogen and oxygen atoms in total. The summed E-state index contributed by atoms with van der Waals surface area (Å²) in [6.07, 6.45) is 0.220. The maximum atomic E-state index is 13.0. The summed E-state index contributed by atoms with van der Waals surface area (Å²) < 4.78 is 0. The molecule has 25 heavy (non-hydrogen) atoms. The lowest BCUT2D eigenvalue weighted by molar-refractivity contribution is -0.136. The maximum Gasteiger partial charge on any atom is 0.262 e. The molecule has 2 heterocycles. The summed E-state index contributed by atoms with van der Waals surface area (Å²) >= 11 is 0. The van der Waals surface area contributed by atoms with Gasteiger partial charge in [0, 0.05) is 29.5 Å². The smallest absolute Gasteiger partial charge is 0.262 e. The van der Waals surface area contributed by atoms with Crippen molar-refractivity contribution >= 4 is 34.4 Å². The molecule has 0 radical (unpaired) electrons. The highest BCUT2D eigenvalue weighted by Crippen LogP contribution is 2.33. The van der Waals surface area contributed by atoms with Gasteiger partial charge in [-0.2, -0.15) is 0 Å². The molecule has 7 heteroatoms. The zero-order valence-corrected chi connectivity index (χ0v) is 13.2. The number of carbonyl (C=O) groups excluding carboxylic acids is 4. The van der Waals surface area contributed by atoms with Gasteiger partial charge in [0.1, 0.15) is 6.04 Å².